The molecule has 1 aliphatic rings. The number of amides is 1. The maximum absolute atomic E-state index is 13.1. The summed E-state index contributed by atoms with van der Waals surface area (Å²) >= 11 is 0. The van der Waals surface area contributed by atoms with Gasteiger partial charge in [-0.3, -0.25) is 9.78 Å². The van der Waals surface area contributed by atoms with Crippen LogP contribution in [0.4, 0.5) is 4.39 Å². The fraction of sp³-hybridized carbons (Fsp3) is 0.250. The molecule has 28 heavy (non-hydrogen) atoms. The van der Waals surface area contributed by atoms with Crippen molar-refractivity contribution in [3.05, 3.63) is 101 Å². The number of halogens is 1. The molecule has 2 heterocycles. The number of rotatable bonds is 4. The average Bonchev–Trinajstić information content (AvgIpc) is 2.76. The van der Waals surface area contributed by atoms with Gasteiger partial charge in [0.05, 0.1) is 0 Å². The number of benzene rings is 2. The number of hydrogen-bond donors (Lipinski definition) is 0. The predicted molar refractivity (Wildman–Crippen MR) is 108 cm³/mol. The average molecular weight is 374 g/mol. The lowest BCUT2D eigenvalue weighted by molar-refractivity contribution is 0.0706. The normalized spacial score (nSPS) is 16.8. The molecule has 1 aliphatic heterocycles. The van der Waals surface area contributed by atoms with E-state index in [1.165, 1.54) is 12.1 Å². The number of nitrogens with zero attached hydrogens (tertiary/aromatic N) is 2. The van der Waals surface area contributed by atoms with Gasteiger partial charge in [0.1, 0.15) is 5.82 Å². The molecule has 0 spiro atoms. The Hall–Kier alpha value is -3.01. The first kappa shape index (κ1) is 18.4. The van der Waals surface area contributed by atoms with Gasteiger partial charge in [-0.1, -0.05) is 36.4 Å². The Labute approximate surface area is 164 Å². The maximum Gasteiger partial charge on any atom is 0.253 e. The Morgan fingerprint density at radius 3 is 2.57 bits per heavy atom. The van der Waals surface area contributed by atoms with Crippen LogP contribution in [0.25, 0.3) is 0 Å². The second-order valence-corrected chi connectivity index (χ2v) is 7.31. The third kappa shape index (κ3) is 4.28. The molecule has 3 nitrogen and oxygen atoms in total. The molecular formula is C24H23FN2O. The second-order valence-electron chi connectivity index (χ2n) is 7.31. The summed E-state index contributed by atoms with van der Waals surface area (Å²) in [6.07, 6.45) is 2.69. The largest absolute Gasteiger partial charge is 0.338 e. The van der Waals surface area contributed by atoms with Crippen molar-refractivity contribution in [2.45, 2.75) is 25.2 Å². The summed E-state index contributed by atoms with van der Waals surface area (Å²) in [5.41, 5.74) is 3.78. The van der Waals surface area contributed by atoms with Crippen LogP contribution in [0.1, 0.15) is 46.1 Å². The van der Waals surface area contributed by atoms with Crippen molar-refractivity contribution in [2.24, 2.45) is 0 Å². The highest BCUT2D eigenvalue weighted by atomic mass is 19.1. The van der Waals surface area contributed by atoms with E-state index in [4.69, 9.17) is 4.98 Å². The van der Waals surface area contributed by atoms with Crippen LogP contribution in [0.5, 0.6) is 0 Å². The van der Waals surface area contributed by atoms with E-state index in [9.17, 15) is 9.18 Å². The SMILES string of the molecule is O=C(c1ccccc1)N1CCC[C@H](c2cccc(Cc3ccc(F)cc3)n2)C1. The number of likely N-dealkylation sites (tertiary alicyclic amines) is 1. The Balaban J connectivity index is 1.47. The van der Waals surface area contributed by atoms with Gasteiger partial charge >= 0.3 is 0 Å². The molecule has 0 radical (unpaired) electrons. The molecule has 2 aromatic carbocycles. The Kier molecular flexibility index (Phi) is 5.47. The molecule has 1 aromatic heterocycles. The van der Waals surface area contributed by atoms with Gasteiger partial charge in [-0.15, -0.1) is 0 Å². The number of piperidine rings is 1. The Morgan fingerprint density at radius 1 is 1.00 bits per heavy atom. The Morgan fingerprint density at radius 2 is 1.79 bits per heavy atom. The van der Waals surface area contributed by atoms with E-state index in [1.807, 2.05) is 47.4 Å². The third-order valence-electron chi connectivity index (χ3n) is 5.27. The lowest BCUT2D eigenvalue weighted by Crippen LogP contribution is -2.39. The van der Waals surface area contributed by atoms with Crippen LogP contribution in [0.3, 0.4) is 0 Å². The van der Waals surface area contributed by atoms with Crippen LogP contribution in [0.2, 0.25) is 0 Å². The topological polar surface area (TPSA) is 33.2 Å². The minimum atomic E-state index is -0.226. The third-order valence-corrected chi connectivity index (χ3v) is 5.27. The van der Waals surface area contributed by atoms with Gasteiger partial charge in [0.25, 0.3) is 5.91 Å². The van der Waals surface area contributed by atoms with Crippen molar-refractivity contribution in [3.8, 4) is 0 Å². The molecule has 0 unspecified atom stereocenters. The first-order valence-corrected chi connectivity index (χ1v) is 9.73. The van der Waals surface area contributed by atoms with Gasteiger partial charge in [0.15, 0.2) is 0 Å². The molecule has 4 rings (SSSR count). The van der Waals surface area contributed by atoms with E-state index in [2.05, 4.69) is 6.07 Å². The molecule has 142 valence electrons. The molecule has 0 saturated carbocycles. The smallest absolute Gasteiger partial charge is 0.253 e. The summed E-state index contributed by atoms with van der Waals surface area (Å²) in [6.45, 7) is 1.49. The monoisotopic (exact) mass is 374 g/mol. The first-order chi connectivity index (χ1) is 13.7. The van der Waals surface area contributed by atoms with Crippen LogP contribution in [-0.4, -0.2) is 28.9 Å². The molecule has 0 bridgehead atoms. The molecule has 0 aliphatic carbocycles. The van der Waals surface area contributed by atoms with Crippen molar-refractivity contribution in [3.63, 3.8) is 0 Å². The Bertz CT molecular complexity index is 940. The van der Waals surface area contributed by atoms with E-state index < -0.39 is 0 Å². The molecule has 1 atom stereocenters. The van der Waals surface area contributed by atoms with E-state index in [0.717, 1.165) is 41.9 Å². The van der Waals surface area contributed by atoms with Crippen molar-refractivity contribution in [1.82, 2.24) is 9.88 Å². The number of carbonyl (C=O) groups is 1. The van der Waals surface area contributed by atoms with Crippen molar-refractivity contribution < 1.29 is 9.18 Å². The summed E-state index contributed by atoms with van der Waals surface area (Å²) < 4.78 is 13.1. The second kappa shape index (κ2) is 8.34. The van der Waals surface area contributed by atoms with Crippen LogP contribution in [0.15, 0.2) is 72.8 Å². The quantitative estimate of drug-likeness (QED) is 0.655. The van der Waals surface area contributed by atoms with Crippen LogP contribution >= 0.6 is 0 Å². The highest BCUT2D eigenvalue weighted by molar-refractivity contribution is 5.94. The van der Waals surface area contributed by atoms with Crippen LogP contribution < -0.4 is 0 Å². The van der Waals surface area contributed by atoms with E-state index in [1.54, 1.807) is 12.1 Å². The highest BCUT2D eigenvalue weighted by Crippen LogP contribution is 2.27. The van der Waals surface area contributed by atoms with Crippen molar-refractivity contribution >= 4 is 5.91 Å². The van der Waals surface area contributed by atoms with Crippen LogP contribution in [-0.2, 0) is 6.42 Å². The van der Waals surface area contributed by atoms with E-state index in [-0.39, 0.29) is 17.6 Å². The minimum absolute atomic E-state index is 0.0905. The zero-order valence-corrected chi connectivity index (χ0v) is 15.7. The summed E-state index contributed by atoms with van der Waals surface area (Å²) in [7, 11) is 0. The van der Waals surface area contributed by atoms with Gasteiger partial charge in [-0.05, 0) is 54.8 Å². The van der Waals surface area contributed by atoms with E-state index >= 15 is 0 Å². The number of aromatic nitrogens is 1. The lowest BCUT2D eigenvalue weighted by atomic mass is 9.93. The first-order valence-electron chi connectivity index (χ1n) is 9.73. The highest BCUT2D eigenvalue weighted by Gasteiger charge is 2.26. The van der Waals surface area contributed by atoms with Gasteiger partial charge in [0, 0.05) is 42.4 Å². The number of pyridine rings is 1. The summed E-state index contributed by atoms with van der Waals surface area (Å²) in [6, 6.07) is 22.1. The van der Waals surface area contributed by atoms with Gasteiger partial charge in [0.2, 0.25) is 0 Å². The van der Waals surface area contributed by atoms with Gasteiger partial charge in [-0.25, -0.2) is 4.39 Å². The van der Waals surface area contributed by atoms with Crippen molar-refractivity contribution in [1.29, 1.82) is 0 Å². The maximum atomic E-state index is 13.1. The summed E-state index contributed by atoms with van der Waals surface area (Å²) in [5.74, 6) is 0.109. The molecule has 1 amide bonds. The minimum Gasteiger partial charge on any atom is -0.338 e. The standard InChI is InChI=1S/C24H23FN2O/c25-21-13-11-18(12-14-21)16-22-9-4-10-23(26-22)20-8-5-15-27(17-20)24(28)19-6-2-1-3-7-19/h1-4,6-7,9-14,20H,5,8,15-17H2/t20-/m0/s1. The molecule has 4 heteroatoms. The van der Waals surface area contributed by atoms with Crippen molar-refractivity contribution in [2.75, 3.05) is 13.1 Å². The van der Waals surface area contributed by atoms with Crippen LogP contribution in [0, 0.1) is 5.82 Å². The number of hydrogen-bond acceptors (Lipinski definition) is 2. The zero-order valence-electron chi connectivity index (χ0n) is 15.7. The fourth-order valence-electron chi connectivity index (χ4n) is 3.80. The lowest BCUT2D eigenvalue weighted by Gasteiger charge is -2.32. The zero-order chi connectivity index (χ0) is 19.3. The van der Waals surface area contributed by atoms with Gasteiger partial charge in [-0.2, -0.15) is 0 Å². The molecule has 3 aromatic rings. The fourth-order valence-corrected chi connectivity index (χ4v) is 3.80. The van der Waals surface area contributed by atoms with E-state index in [0.29, 0.717) is 13.0 Å². The summed E-state index contributed by atoms with van der Waals surface area (Å²) in [5, 5.41) is 0. The molecule has 1 saturated heterocycles. The summed E-state index contributed by atoms with van der Waals surface area (Å²) in [4.78, 5) is 19.6. The molecular weight excluding hydrogens is 351 g/mol. The number of carbonyl (C=O) groups excluding carboxylic acids is 1. The molecule has 0 N–H and O–H groups in total. The van der Waals surface area contributed by atoms with Gasteiger partial charge < -0.3 is 4.90 Å². The molecule has 1 fully saturated rings. The predicted octanol–water partition coefficient (Wildman–Crippen LogP) is 4.83.